The molecule has 0 unspecified atom stereocenters. The lowest BCUT2D eigenvalue weighted by Crippen LogP contribution is -2.25. The lowest BCUT2D eigenvalue weighted by Gasteiger charge is -2.27. The first-order valence-electron chi connectivity index (χ1n) is 6.11. The van der Waals surface area contributed by atoms with Crippen LogP contribution in [0.4, 0.5) is 0 Å². The number of fused-ring (bicyclic) bond motifs is 1. The first-order chi connectivity index (χ1) is 8.07. The van der Waals surface area contributed by atoms with Crippen molar-refractivity contribution in [3.05, 3.63) is 29.6 Å². The number of rotatable bonds is 1. The molecular weight excluding hydrogens is 212 g/mol. The maximum absolute atomic E-state index is 5.30. The van der Waals surface area contributed by atoms with E-state index < -0.39 is 0 Å². The normalized spacial score (nSPS) is 17.4. The standard InChI is InChI=1S/C14H18N2O/c1-14(2,3)11-4-5-15-13-12(11)10(6-16-13)9-7-17-8-9/h4-6,9H,7-8H2,1-3H3,(H,15,16). The van der Waals surface area contributed by atoms with Crippen LogP contribution in [0.5, 0.6) is 0 Å². The summed E-state index contributed by atoms with van der Waals surface area (Å²) in [4.78, 5) is 7.70. The third-order valence-electron chi connectivity index (χ3n) is 3.49. The molecule has 1 aliphatic heterocycles. The van der Waals surface area contributed by atoms with Crippen LogP contribution in [0.3, 0.4) is 0 Å². The molecule has 1 aliphatic rings. The summed E-state index contributed by atoms with van der Waals surface area (Å²) in [7, 11) is 0. The Morgan fingerprint density at radius 1 is 1.35 bits per heavy atom. The van der Waals surface area contributed by atoms with E-state index in [1.54, 1.807) is 0 Å². The van der Waals surface area contributed by atoms with Crippen LogP contribution in [0.25, 0.3) is 11.0 Å². The summed E-state index contributed by atoms with van der Waals surface area (Å²) in [6.07, 6.45) is 3.99. The first kappa shape index (κ1) is 10.8. The number of hydrogen-bond donors (Lipinski definition) is 1. The Morgan fingerprint density at radius 3 is 2.71 bits per heavy atom. The van der Waals surface area contributed by atoms with Gasteiger partial charge >= 0.3 is 0 Å². The summed E-state index contributed by atoms with van der Waals surface area (Å²) < 4.78 is 5.30. The van der Waals surface area contributed by atoms with E-state index in [4.69, 9.17) is 4.74 Å². The average Bonchev–Trinajstić information content (AvgIpc) is 2.58. The summed E-state index contributed by atoms with van der Waals surface area (Å²) in [5.74, 6) is 0.536. The first-order valence-corrected chi connectivity index (χ1v) is 6.11. The summed E-state index contributed by atoms with van der Waals surface area (Å²) in [5, 5.41) is 1.30. The molecule has 0 aromatic carbocycles. The number of hydrogen-bond acceptors (Lipinski definition) is 2. The Morgan fingerprint density at radius 2 is 2.12 bits per heavy atom. The van der Waals surface area contributed by atoms with Gasteiger partial charge in [0.25, 0.3) is 0 Å². The third-order valence-corrected chi connectivity index (χ3v) is 3.49. The second kappa shape index (κ2) is 3.57. The zero-order chi connectivity index (χ0) is 12.0. The van der Waals surface area contributed by atoms with Crippen LogP contribution in [-0.4, -0.2) is 23.2 Å². The summed E-state index contributed by atoms with van der Waals surface area (Å²) in [6, 6.07) is 2.14. The largest absolute Gasteiger partial charge is 0.380 e. The average molecular weight is 230 g/mol. The highest BCUT2D eigenvalue weighted by atomic mass is 16.5. The number of aromatic nitrogens is 2. The van der Waals surface area contributed by atoms with Crippen molar-refractivity contribution in [1.82, 2.24) is 9.97 Å². The van der Waals surface area contributed by atoms with Gasteiger partial charge in [-0.1, -0.05) is 20.8 Å². The van der Waals surface area contributed by atoms with Gasteiger partial charge in [-0.15, -0.1) is 0 Å². The van der Waals surface area contributed by atoms with Crippen LogP contribution >= 0.6 is 0 Å². The fourth-order valence-electron chi connectivity index (χ4n) is 2.44. The van der Waals surface area contributed by atoms with Crippen molar-refractivity contribution in [1.29, 1.82) is 0 Å². The molecule has 3 heteroatoms. The molecule has 0 atom stereocenters. The number of pyridine rings is 1. The molecule has 3 rings (SSSR count). The van der Waals surface area contributed by atoms with E-state index in [1.165, 1.54) is 16.5 Å². The number of ether oxygens (including phenoxy) is 1. The van der Waals surface area contributed by atoms with Gasteiger partial charge in [-0.25, -0.2) is 4.98 Å². The van der Waals surface area contributed by atoms with Crippen molar-refractivity contribution in [2.24, 2.45) is 0 Å². The minimum absolute atomic E-state index is 0.142. The van der Waals surface area contributed by atoms with Gasteiger partial charge < -0.3 is 9.72 Å². The Balaban J connectivity index is 2.24. The minimum atomic E-state index is 0.142. The molecule has 2 aromatic heterocycles. The van der Waals surface area contributed by atoms with Gasteiger partial charge in [0.05, 0.1) is 13.2 Å². The lowest BCUT2D eigenvalue weighted by atomic mass is 9.83. The molecule has 17 heavy (non-hydrogen) atoms. The molecule has 90 valence electrons. The molecule has 0 spiro atoms. The summed E-state index contributed by atoms with van der Waals surface area (Å²) in [6.45, 7) is 8.42. The van der Waals surface area contributed by atoms with Gasteiger partial charge in [0, 0.05) is 23.7 Å². The van der Waals surface area contributed by atoms with Gasteiger partial charge in [0.2, 0.25) is 0 Å². The Hall–Kier alpha value is -1.35. The van der Waals surface area contributed by atoms with Crippen molar-refractivity contribution in [3.63, 3.8) is 0 Å². The van der Waals surface area contributed by atoms with Crippen LogP contribution in [-0.2, 0) is 10.2 Å². The van der Waals surface area contributed by atoms with Crippen molar-refractivity contribution < 1.29 is 4.74 Å². The number of aromatic amines is 1. The highest BCUT2D eigenvalue weighted by Gasteiger charge is 2.27. The zero-order valence-electron chi connectivity index (χ0n) is 10.6. The Labute approximate surface area is 101 Å². The van der Waals surface area contributed by atoms with Crippen LogP contribution in [0.2, 0.25) is 0 Å². The topological polar surface area (TPSA) is 37.9 Å². The SMILES string of the molecule is CC(C)(C)c1ccnc2[nH]cc(C3COC3)c12. The van der Waals surface area contributed by atoms with Crippen LogP contribution in [0.1, 0.15) is 37.8 Å². The summed E-state index contributed by atoms with van der Waals surface area (Å²) in [5.41, 5.74) is 3.87. The molecular formula is C14H18N2O. The maximum atomic E-state index is 5.30. The third kappa shape index (κ3) is 1.65. The molecule has 2 aromatic rings. The zero-order valence-corrected chi connectivity index (χ0v) is 10.6. The van der Waals surface area contributed by atoms with Crippen molar-refractivity contribution in [2.45, 2.75) is 32.1 Å². The minimum Gasteiger partial charge on any atom is -0.380 e. The maximum Gasteiger partial charge on any atom is 0.137 e. The van der Waals surface area contributed by atoms with E-state index in [1.807, 2.05) is 6.20 Å². The molecule has 0 saturated carbocycles. The van der Waals surface area contributed by atoms with E-state index in [0.717, 1.165) is 18.9 Å². The van der Waals surface area contributed by atoms with Gasteiger partial charge in [0.1, 0.15) is 5.65 Å². The van der Waals surface area contributed by atoms with E-state index in [2.05, 4.69) is 43.0 Å². The molecule has 3 heterocycles. The van der Waals surface area contributed by atoms with Crippen LogP contribution in [0.15, 0.2) is 18.5 Å². The molecule has 0 radical (unpaired) electrons. The van der Waals surface area contributed by atoms with Crippen molar-refractivity contribution >= 4 is 11.0 Å². The molecule has 0 aliphatic carbocycles. The van der Waals surface area contributed by atoms with Crippen molar-refractivity contribution in [3.8, 4) is 0 Å². The smallest absolute Gasteiger partial charge is 0.137 e. The predicted molar refractivity (Wildman–Crippen MR) is 68.4 cm³/mol. The van der Waals surface area contributed by atoms with Crippen molar-refractivity contribution in [2.75, 3.05) is 13.2 Å². The van der Waals surface area contributed by atoms with Gasteiger partial charge in [-0.2, -0.15) is 0 Å². The van der Waals surface area contributed by atoms with Gasteiger partial charge in [-0.3, -0.25) is 0 Å². The number of nitrogens with zero attached hydrogens (tertiary/aromatic N) is 1. The fourth-order valence-corrected chi connectivity index (χ4v) is 2.44. The number of H-pyrrole nitrogens is 1. The van der Waals surface area contributed by atoms with E-state index >= 15 is 0 Å². The Bertz CT molecular complexity index is 547. The van der Waals surface area contributed by atoms with Gasteiger partial charge in [-0.05, 0) is 22.6 Å². The highest BCUT2D eigenvalue weighted by molar-refractivity contribution is 5.85. The molecule has 0 amide bonds. The second-order valence-electron chi connectivity index (χ2n) is 5.81. The van der Waals surface area contributed by atoms with E-state index in [9.17, 15) is 0 Å². The summed E-state index contributed by atoms with van der Waals surface area (Å²) >= 11 is 0. The Kier molecular flexibility index (Phi) is 2.26. The monoisotopic (exact) mass is 230 g/mol. The molecule has 0 bridgehead atoms. The van der Waals surface area contributed by atoms with E-state index in [-0.39, 0.29) is 5.41 Å². The molecule has 1 fully saturated rings. The van der Waals surface area contributed by atoms with Gasteiger partial charge in [0.15, 0.2) is 0 Å². The lowest BCUT2D eigenvalue weighted by molar-refractivity contribution is 0.00898. The van der Waals surface area contributed by atoms with Crippen LogP contribution in [0, 0.1) is 0 Å². The van der Waals surface area contributed by atoms with Crippen LogP contribution < -0.4 is 0 Å². The molecule has 1 saturated heterocycles. The molecule has 3 nitrogen and oxygen atoms in total. The quantitative estimate of drug-likeness (QED) is 0.817. The van der Waals surface area contributed by atoms with E-state index in [0.29, 0.717) is 5.92 Å². The predicted octanol–water partition coefficient (Wildman–Crippen LogP) is 2.97. The highest BCUT2D eigenvalue weighted by Crippen LogP contribution is 2.36. The second-order valence-corrected chi connectivity index (χ2v) is 5.81. The fraction of sp³-hybridized carbons (Fsp3) is 0.500. The number of nitrogens with one attached hydrogen (secondary N) is 1. The molecule has 1 N–H and O–H groups in total.